The summed E-state index contributed by atoms with van der Waals surface area (Å²) in [5.41, 5.74) is 7.10. The molecule has 0 atom stereocenters. The van der Waals surface area contributed by atoms with Crippen molar-refractivity contribution in [3.05, 3.63) is 81.5 Å². The van der Waals surface area contributed by atoms with Gasteiger partial charge in [0.1, 0.15) is 13.2 Å². The lowest BCUT2D eigenvalue weighted by Crippen LogP contribution is -2.25. The van der Waals surface area contributed by atoms with E-state index in [0.717, 1.165) is 40.9 Å². The van der Waals surface area contributed by atoms with E-state index in [2.05, 4.69) is 27.3 Å². The van der Waals surface area contributed by atoms with Crippen LogP contribution in [0.15, 0.2) is 48.5 Å². The van der Waals surface area contributed by atoms with Crippen molar-refractivity contribution in [3.8, 4) is 11.3 Å². The summed E-state index contributed by atoms with van der Waals surface area (Å²) in [6, 6.07) is 16.0. The SMILES string of the molecule is CCCNC(=O)OCc1c(COC(=O)NCCC)c(-c2ccc(Cl)cc2)n2c1Cc1ccccc1C2. The molecule has 0 fully saturated rings. The molecular weight excluding hydrogens is 478 g/mol. The first-order valence-electron chi connectivity index (χ1n) is 12.4. The maximum atomic E-state index is 12.3. The predicted octanol–water partition coefficient (Wildman–Crippen LogP) is 6.03. The molecule has 1 aromatic heterocycles. The molecule has 190 valence electrons. The molecule has 2 aromatic carbocycles. The van der Waals surface area contributed by atoms with Crippen LogP contribution in [0.1, 0.15) is 54.6 Å². The van der Waals surface area contributed by atoms with Crippen LogP contribution in [-0.2, 0) is 35.7 Å². The van der Waals surface area contributed by atoms with E-state index in [1.165, 1.54) is 11.1 Å². The average molecular weight is 510 g/mol. The van der Waals surface area contributed by atoms with E-state index in [-0.39, 0.29) is 13.2 Å². The minimum absolute atomic E-state index is 0.0547. The summed E-state index contributed by atoms with van der Waals surface area (Å²) in [6.07, 6.45) is 1.39. The third-order valence-electron chi connectivity index (χ3n) is 6.25. The van der Waals surface area contributed by atoms with E-state index in [1.54, 1.807) is 0 Å². The van der Waals surface area contributed by atoms with Gasteiger partial charge in [0, 0.05) is 47.9 Å². The van der Waals surface area contributed by atoms with Gasteiger partial charge in [-0.15, -0.1) is 0 Å². The lowest BCUT2D eigenvalue weighted by molar-refractivity contribution is 0.132. The van der Waals surface area contributed by atoms with E-state index < -0.39 is 12.2 Å². The van der Waals surface area contributed by atoms with Crippen LogP contribution in [0, 0.1) is 0 Å². The van der Waals surface area contributed by atoms with Crippen LogP contribution in [0.5, 0.6) is 0 Å². The molecule has 7 nitrogen and oxygen atoms in total. The zero-order valence-electron chi connectivity index (χ0n) is 20.7. The van der Waals surface area contributed by atoms with Gasteiger partial charge in [0.25, 0.3) is 0 Å². The fraction of sp³-hybridized carbons (Fsp3) is 0.357. The first kappa shape index (κ1) is 25.6. The summed E-state index contributed by atoms with van der Waals surface area (Å²) in [4.78, 5) is 24.6. The smallest absolute Gasteiger partial charge is 0.407 e. The molecule has 0 aliphatic carbocycles. The Morgan fingerprint density at radius 3 is 2.06 bits per heavy atom. The number of hydrogen-bond donors (Lipinski definition) is 2. The molecule has 1 aliphatic rings. The van der Waals surface area contributed by atoms with Gasteiger partial charge < -0.3 is 24.7 Å². The number of alkyl carbamates (subject to hydrolysis) is 2. The van der Waals surface area contributed by atoms with Gasteiger partial charge in [-0.25, -0.2) is 9.59 Å². The first-order chi connectivity index (χ1) is 17.5. The standard InChI is InChI=1S/C28H32ClN3O4/c1-3-13-30-27(33)35-17-23-24(18-36-28(34)31-14-4-2)26(19-9-11-22(29)12-10-19)32-16-21-8-6-5-7-20(21)15-25(23)32/h5-12H,3-4,13-18H2,1-2H3,(H,30,33)(H,31,34). The summed E-state index contributed by atoms with van der Waals surface area (Å²) >= 11 is 6.18. The van der Waals surface area contributed by atoms with Gasteiger partial charge in [-0.05, 0) is 41.7 Å². The van der Waals surface area contributed by atoms with Crippen LogP contribution < -0.4 is 10.6 Å². The molecule has 4 rings (SSSR count). The Kier molecular flexibility index (Phi) is 8.54. The number of hydrogen-bond acceptors (Lipinski definition) is 4. The number of fused-ring (bicyclic) bond motifs is 2. The molecule has 2 heterocycles. The van der Waals surface area contributed by atoms with Crippen molar-refractivity contribution in [3.63, 3.8) is 0 Å². The Labute approximate surface area is 216 Å². The molecule has 0 spiro atoms. The normalized spacial score (nSPS) is 11.9. The van der Waals surface area contributed by atoms with Crippen LogP contribution in [-0.4, -0.2) is 29.8 Å². The molecule has 2 amide bonds. The molecule has 8 heteroatoms. The Bertz CT molecular complexity index is 1220. The van der Waals surface area contributed by atoms with Crippen LogP contribution in [0.4, 0.5) is 9.59 Å². The molecule has 3 aromatic rings. The Morgan fingerprint density at radius 2 is 1.44 bits per heavy atom. The number of halogens is 1. The van der Waals surface area contributed by atoms with Crippen molar-refractivity contribution in [2.45, 2.75) is 52.9 Å². The second kappa shape index (κ2) is 12.0. The number of nitrogens with one attached hydrogen (secondary N) is 2. The topological polar surface area (TPSA) is 81.6 Å². The minimum Gasteiger partial charge on any atom is -0.445 e. The molecule has 0 saturated heterocycles. The molecular formula is C28H32ClN3O4. The number of ether oxygens (including phenoxy) is 2. The highest BCUT2D eigenvalue weighted by Crippen LogP contribution is 2.38. The highest BCUT2D eigenvalue weighted by atomic mass is 35.5. The molecule has 0 unspecified atom stereocenters. The predicted molar refractivity (Wildman–Crippen MR) is 140 cm³/mol. The van der Waals surface area contributed by atoms with Gasteiger partial charge in [-0.2, -0.15) is 0 Å². The molecule has 0 radical (unpaired) electrons. The Balaban J connectivity index is 1.77. The maximum absolute atomic E-state index is 12.3. The summed E-state index contributed by atoms with van der Waals surface area (Å²) in [6.45, 7) is 5.86. The Morgan fingerprint density at radius 1 is 0.861 bits per heavy atom. The quantitative estimate of drug-likeness (QED) is 0.288. The van der Waals surface area contributed by atoms with Crippen molar-refractivity contribution in [1.82, 2.24) is 15.2 Å². The van der Waals surface area contributed by atoms with Crippen molar-refractivity contribution in [1.29, 1.82) is 0 Å². The summed E-state index contributed by atoms with van der Waals surface area (Å²) in [7, 11) is 0. The summed E-state index contributed by atoms with van der Waals surface area (Å²) in [5.74, 6) is 0. The number of benzene rings is 2. The zero-order valence-corrected chi connectivity index (χ0v) is 21.5. The molecule has 0 bridgehead atoms. The third-order valence-corrected chi connectivity index (χ3v) is 6.50. The van der Waals surface area contributed by atoms with Crippen molar-refractivity contribution in [2.75, 3.05) is 13.1 Å². The van der Waals surface area contributed by atoms with E-state index in [1.807, 2.05) is 50.2 Å². The minimum atomic E-state index is -0.473. The van der Waals surface area contributed by atoms with Gasteiger partial charge in [0.15, 0.2) is 0 Å². The number of rotatable bonds is 9. The molecule has 0 saturated carbocycles. The maximum Gasteiger partial charge on any atom is 0.407 e. The van der Waals surface area contributed by atoms with Crippen molar-refractivity contribution in [2.24, 2.45) is 0 Å². The van der Waals surface area contributed by atoms with Gasteiger partial charge in [-0.1, -0.05) is 61.8 Å². The molecule has 36 heavy (non-hydrogen) atoms. The van der Waals surface area contributed by atoms with E-state index >= 15 is 0 Å². The van der Waals surface area contributed by atoms with Gasteiger partial charge in [0.2, 0.25) is 0 Å². The van der Waals surface area contributed by atoms with Crippen molar-refractivity contribution < 1.29 is 19.1 Å². The highest BCUT2D eigenvalue weighted by Gasteiger charge is 2.29. The van der Waals surface area contributed by atoms with Gasteiger partial charge >= 0.3 is 12.2 Å². The van der Waals surface area contributed by atoms with Crippen LogP contribution in [0.3, 0.4) is 0 Å². The fourth-order valence-corrected chi connectivity index (χ4v) is 4.61. The second-order valence-corrected chi connectivity index (χ2v) is 9.23. The number of aromatic nitrogens is 1. The lowest BCUT2D eigenvalue weighted by Gasteiger charge is -2.22. The number of carbonyl (C=O) groups is 2. The molecule has 1 aliphatic heterocycles. The third kappa shape index (κ3) is 5.85. The van der Waals surface area contributed by atoms with Crippen LogP contribution >= 0.6 is 11.6 Å². The number of carbonyl (C=O) groups excluding carboxylic acids is 2. The van der Waals surface area contributed by atoms with Crippen LogP contribution in [0.2, 0.25) is 5.02 Å². The van der Waals surface area contributed by atoms with Crippen LogP contribution in [0.25, 0.3) is 11.3 Å². The van der Waals surface area contributed by atoms with E-state index in [9.17, 15) is 9.59 Å². The monoisotopic (exact) mass is 509 g/mol. The fourth-order valence-electron chi connectivity index (χ4n) is 4.48. The highest BCUT2D eigenvalue weighted by molar-refractivity contribution is 6.30. The summed E-state index contributed by atoms with van der Waals surface area (Å²) < 4.78 is 13.5. The van der Waals surface area contributed by atoms with E-state index in [4.69, 9.17) is 21.1 Å². The van der Waals surface area contributed by atoms with Gasteiger partial charge in [-0.3, -0.25) is 0 Å². The van der Waals surface area contributed by atoms with Gasteiger partial charge in [0.05, 0.1) is 5.69 Å². The number of nitrogens with zero attached hydrogens (tertiary/aromatic N) is 1. The van der Waals surface area contributed by atoms with Crippen molar-refractivity contribution >= 4 is 23.8 Å². The van der Waals surface area contributed by atoms with E-state index in [0.29, 0.717) is 31.1 Å². The molecule has 2 N–H and O–H groups in total. The second-order valence-electron chi connectivity index (χ2n) is 8.80. The first-order valence-corrected chi connectivity index (χ1v) is 12.8. The largest absolute Gasteiger partial charge is 0.445 e. The average Bonchev–Trinajstić information content (AvgIpc) is 3.19. The lowest BCUT2D eigenvalue weighted by atomic mass is 9.97. The Hall–Kier alpha value is -3.45. The summed E-state index contributed by atoms with van der Waals surface area (Å²) in [5, 5.41) is 6.16. The zero-order chi connectivity index (χ0) is 25.5. The number of amides is 2.